The van der Waals surface area contributed by atoms with E-state index >= 15 is 0 Å². The van der Waals surface area contributed by atoms with Crippen LogP contribution in [0.25, 0.3) is 0 Å². The average molecular weight is 325 g/mol. The maximum Gasteiger partial charge on any atom is 0.274 e. The van der Waals surface area contributed by atoms with Gasteiger partial charge in [0.15, 0.2) is 0 Å². The number of morpholine rings is 1. The lowest BCUT2D eigenvalue weighted by molar-refractivity contribution is 0.0299. The van der Waals surface area contributed by atoms with Gasteiger partial charge in [-0.2, -0.15) is 0 Å². The smallest absolute Gasteiger partial charge is 0.274 e. The number of amides is 2. The summed E-state index contributed by atoms with van der Waals surface area (Å²) in [6.45, 7) is 4.06. The number of benzene rings is 1. The molecule has 1 aliphatic rings. The molecule has 1 aromatic heterocycles. The fourth-order valence-electron chi connectivity index (χ4n) is 2.51. The summed E-state index contributed by atoms with van der Waals surface area (Å²) in [5.41, 5.74) is 2.19. The van der Waals surface area contributed by atoms with Crippen molar-refractivity contribution in [1.29, 1.82) is 0 Å². The van der Waals surface area contributed by atoms with Gasteiger partial charge < -0.3 is 15.0 Å². The molecule has 0 radical (unpaired) electrons. The minimum atomic E-state index is -0.332. The molecule has 24 heavy (non-hydrogen) atoms. The molecule has 1 saturated heterocycles. The van der Waals surface area contributed by atoms with Gasteiger partial charge in [-0.25, -0.2) is 4.98 Å². The van der Waals surface area contributed by atoms with Crippen molar-refractivity contribution in [3.63, 3.8) is 0 Å². The van der Waals surface area contributed by atoms with Crippen molar-refractivity contribution >= 4 is 17.5 Å². The van der Waals surface area contributed by atoms with Gasteiger partial charge in [-0.05, 0) is 30.7 Å². The minimum absolute atomic E-state index is 0.177. The predicted octanol–water partition coefficient (Wildman–Crippen LogP) is 2.11. The first-order valence-corrected chi connectivity index (χ1v) is 7.86. The Balaban J connectivity index is 1.76. The Bertz CT molecular complexity index is 755. The lowest BCUT2D eigenvalue weighted by Gasteiger charge is -2.26. The van der Waals surface area contributed by atoms with E-state index in [9.17, 15) is 9.59 Å². The van der Waals surface area contributed by atoms with E-state index in [4.69, 9.17) is 4.74 Å². The molecule has 124 valence electrons. The van der Waals surface area contributed by atoms with Gasteiger partial charge in [-0.15, -0.1) is 0 Å². The second-order valence-electron chi connectivity index (χ2n) is 5.58. The zero-order chi connectivity index (χ0) is 16.9. The SMILES string of the molecule is Cc1ccccc1NC(=O)c1cccc(C(=O)N2CCOCC2)n1. The van der Waals surface area contributed by atoms with Gasteiger partial charge >= 0.3 is 0 Å². The first kappa shape index (κ1) is 16.1. The van der Waals surface area contributed by atoms with Crippen molar-refractivity contribution in [2.24, 2.45) is 0 Å². The highest BCUT2D eigenvalue weighted by atomic mass is 16.5. The lowest BCUT2D eigenvalue weighted by Crippen LogP contribution is -2.41. The van der Waals surface area contributed by atoms with E-state index in [1.54, 1.807) is 23.1 Å². The molecule has 0 unspecified atom stereocenters. The summed E-state index contributed by atoms with van der Waals surface area (Å²) < 4.78 is 5.25. The summed E-state index contributed by atoms with van der Waals surface area (Å²) >= 11 is 0. The van der Waals surface area contributed by atoms with Crippen LogP contribution in [0.15, 0.2) is 42.5 Å². The summed E-state index contributed by atoms with van der Waals surface area (Å²) in [6.07, 6.45) is 0. The number of rotatable bonds is 3. The van der Waals surface area contributed by atoms with Crippen LogP contribution in [-0.2, 0) is 4.74 Å². The molecule has 1 aromatic carbocycles. The Hall–Kier alpha value is -2.73. The molecular formula is C18H19N3O3. The van der Waals surface area contributed by atoms with Crippen LogP contribution in [0, 0.1) is 6.92 Å². The van der Waals surface area contributed by atoms with Crippen LogP contribution >= 0.6 is 0 Å². The fraction of sp³-hybridized carbons (Fsp3) is 0.278. The van der Waals surface area contributed by atoms with E-state index in [1.807, 2.05) is 31.2 Å². The molecule has 0 bridgehead atoms. The third-order valence-corrected chi connectivity index (χ3v) is 3.89. The second kappa shape index (κ2) is 7.23. The molecule has 6 heteroatoms. The van der Waals surface area contributed by atoms with Gasteiger partial charge in [0, 0.05) is 18.8 Å². The Morgan fingerprint density at radius 1 is 1.04 bits per heavy atom. The van der Waals surface area contributed by atoms with E-state index in [-0.39, 0.29) is 23.2 Å². The van der Waals surface area contributed by atoms with Crippen molar-refractivity contribution < 1.29 is 14.3 Å². The van der Waals surface area contributed by atoms with Crippen LogP contribution in [0.4, 0.5) is 5.69 Å². The molecule has 6 nitrogen and oxygen atoms in total. The molecular weight excluding hydrogens is 306 g/mol. The topological polar surface area (TPSA) is 71.5 Å². The Kier molecular flexibility index (Phi) is 4.86. The molecule has 2 heterocycles. The molecule has 3 rings (SSSR count). The number of aromatic nitrogens is 1. The first-order chi connectivity index (χ1) is 11.6. The predicted molar refractivity (Wildman–Crippen MR) is 90.1 cm³/mol. The second-order valence-corrected chi connectivity index (χ2v) is 5.58. The van der Waals surface area contributed by atoms with Gasteiger partial charge in [-0.3, -0.25) is 9.59 Å². The number of nitrogens with zero attached hydrogens (tertiary/aromatic N) is 2. The quantitative estimate of drug-likeness (QED) is 0.938. The van der Waals surface area contributed by atoms with Crippen LogP contribution in [0.5, 0.6) is 0 Å². The number of hydrogen-bond acceptors (Lipinski definition) is 4. The van der Waals surface area contributed by atoms with Gasteiger partial charge in [0.1, 0.15) is 11.4 Å². The van der Waals surface area contributed by atoms with Gasteiger partial charge in [0.2, 0.25) is 0 Å². The minimum Gasteiger partial charge on any atom is -0.378 e. The maximum atomic E-state index is 12.5. The monoisotopic (exact) mass is 325 g/mol. The molecule has 0 spiro atoms. The molecule has 1 N–H and O–H groups in total. The van der Waals surface area contributed by atoms with Crippen LogP contribution in [0.1, 0.15) is 26.5 Å². The Morgan fingerprint density at radius 2 is 1.75 bits per heavy atom. The number of anilines is 1. The summed E-state index contributed by atoms with van der Waals surface area (Å²) in [4.78, 5) is 30.8. The van der Waals surface area contributed by atoms with Gasteiger partial charge in [0.05, 0.1) is 13.2 Å². The van der Waals surface area contributed by atoms with Crippen molar-refractivity contribution in [3.05, 3.63) is 59.4 Å². The van der Waals surface area contributed by atoms with Gasteiger partial charge in [-0.1, -0.05) is 24.3 Å². The summed E-state index contributed by atoms with van der Waals surface area (Å²) in [5.74, 6) is -0.509. The number of pyridine rings is 1. The van der Waals surface area contributed by atoms with Crippen molar-refractivity contribution in [3.8, 4) is 0 Å². The molecule has 0 atom stereocenters. The number of para-hydroxylation sites is 1. The zero-order valence-corrected chi connectivity index (χ0v) is 13.5. The van der Waals surface area contributed by atoms with E-state index in [1.165, 1.54) is 0 Å². The largest absolute Gasteiger partial charge is 0.378 e. The van der Waals surface area contributed by atoms with E-state index in [0.717, 1.165) is 11.3 Å². The van der Waals surface area contributed by atoms with Crippen LogP contribution in [-0.4, -0.2) is 48.0 Å². The number of nitrogens with one attached hydrogen (secondary N) is 1. The van der Waals surface area contributed by atoms with E-state index in [2.05, 4.69) is 10.3 Å². The molecule has 0 saturated carbocycles. The standard InChI is InChI=1S/C18H19N3O3/c1-13-5-2-3-6-14(13)20-17(22)15-7-4-8-16(19-15)18(23)21-9-11-24-12-10-21/h2-8H,9-12H2,1H3,(H,20,22). The highest BCUT2D eigenvalue weighted by molar-refractivity contribution is 6.04. The molecule has 1 aliphatic heterocycles. The summed E-state index contributed by atoms with van der Waals surface area (Å²) in [6, 6.07) is 12.4. The van der Waals surface area contributed by atoms with E-state index in [0.29, 0.717) is 26.3 Å². The number of carbonyl (C=O) groups excluding carboxylic acids is 2. The normalized spacial score (nSPS) is 14.3. The highest BCUT2D eigenvalue weighted by Crippen LogP contribution is 2.14. The van der Waals surface area contributed by atoms with Gasteiger partial charge in [0.25, 0.3) is 11.8 Å². The molecule has 0 aliphatic carbocycles. The molecule has 1 fully saturated rings. The van der Waals surface area contributed by atoms with Crippen LogP contribution in [0.3, 0.4) is 0 Å². The highest BCUT2D eigenvalue weighted by Gasteiger charge is 2.20. The van der Waals surface area contributed by atoms with Crippen LogP contribution in [0.2, 0.25) is 0 Å². The molecule has 2 aromatic rings. The maximum absolute atomic E-state index is 12.5. The zero-order valence-electron chi connectivity index (χ0n) is 13.5. The average Bonchev–Trinajstić information content (AvgIpc) is 2.64. The number of carbonyl (C=O) groups is 2. The number of aryl methyl sites for hydroxylation is 1. The number of ether oxygens (including phenoxy) is 1. The third kappa shape index (κ3) is 3.60. The fourth-order valence-corrected chi connectivity index (χ4v) is 2.51. The lowest BCUT2D eigenvalue weighted by atomic mass is 10.2. The Morgan fingerprint density at radius 3 is 2.50 bits per heavy atom. The van der Waals surface area contributed by atoms with Crippen molar-refractivity contribution in [1.82, 2.24) is 9.88 Å². The number of hydrogen-bond donors (Lipinski definition) is 1. The van der Waals surface area contributed by atoms with Crippen molar-refractivity contribution in [2.75, 3.05) is 31.6 Å². The van der Waals surface area contributed by atoms with E-state index < -0.39 is 0 Å². The van der Waals surface area contributed by atoms with Crippen molar-refractivity contribution in [2.45, 2.75) is 6.92 Å². The summed E-state index contributed by atoms with van der Waals surface area (Å²) in [5, 5.41) is 2.83. The van der Waals surface area contributed by atoms with Crippen LogP contribution < -0.4 is 5.32 Å². The molecule has 2 amide bonds. The summed E-state index contributed by atoms with van der Waals surface area (Å²) in [7, 11) is 0. The Labute approximate surface area is 140 Å². The third-order valence-electron chi connectivity index (χ3n) is 3.89. The first-order valence-electron chi connectivity index (χ1n) is 7.86.